The van der Waals surface area contributed by atoms with Crippen LogP contribution in [0.15, 0.2) is 65.1 Å². The largest absolute Gasteiger partial charge is 0.436 e. The van der Waals surface area contributed by atoms with E-state index in [1.54, 1.807) is 36.4 Å². The summed E-state index contributed by atoms with van der Waals surface area (Å²) in [6.45, 7) is 4.35. The van der Waals surface area contributed by atoms with Crippen LogP contribution in [0, 0.1) is 0 Å². The Morgan fingerprint density at radius 3 is 2.58 bits per heavy atom. The fourth-order valence-electron chi connectivity index (χ4n) is 3.29. The SMILES string of the molecule is CC[C@H](C)c1ccc2oc(-c3ccc(Cl)c(NC(=S)NC(=O)c4ccc(Cl)cc4)c3)nc2c1. The molecule has 0 radical (unpaired) electrons. The van der Waals surface area contributed by atoms with E-state index in [0.29, 0.717) is 38.7 Å². The number of carbonyl (C=O) groups is 1. The van der Waals surface area contributed by atoms with Crippen LogP contribution in [0.25, 0.3) is 22.6 Å². The fourth-order valence-corrected chi connectivity index (χ4v) is 3.79. The Labute approximate surface area is 207 Å². The molecule has 4 aromatic rings. The van der Waals surface area contributed by atoms with Crippen molar-refractivity contribution in [2.24, 2.45) is 0 Å². The number of rotatable bonds is 5. The number of amides is 1. The molecule has 0 fully saturated rings. The van der Waals surface area contributed by atoms with Crippen LogP contribution in [0.5, 0.6) is 0 Å². The molecule has 0 aliphatic heterocycles. The lowest BCUT2D eigenvalue weighted by atomic mass is 9.98. The zero-order valence-corrected chi connectivity index (χ0v) is 20.3. The maximum absolute atomic E-state index is 12.4. The third-order valence-corrected chi connectivity index (χ3v) is 6.17. The van der Waals surface area contributed by atoms with Crippen LogP contribution in [-0.2, 0) is 0 Å². The fraction of sp³-hybridized carbons (Fsp3) is 0.160. The van der Waals surface area contributed by atoms with Crippen molar-refractivity contribution in [3.63, 3.8) is 0 Å². The van der Waals surface area contributed by atoms with E-state index in [9.17, 15) is 4.79 Å². The molecule has 3 aromatic carbocycles. The molecule has 8 heteroatoms. The molecule has 0 aliphatic rings. The van der Waals surface area contributed by atoms with Gasteiger partial charge in [0.15, 0.2) is 10.7 Å². The van der Waals surface area contributed by atoms with Gasteiger partial charge in [0.25, 0.3) is 5.91 Å². The number of aromatic nitrogens is 1. The number of nitrogens with zero attached hydrogens (tertiary/aromatic N) is 1. The molecule has 168 valence electrons. The minimum atomic E-state index is -0.354. The minimum Gasteiger partial charge on any atom is -0.436 e. The van der Waals surface area contributed by atoms with Gasteiger partial charge in [-0.05, 0) is 84.7 Å². The van der Waals surface area contributed by atoms with Crippen LogP contribution in [0.2, 0.25) is 10.0 Å². The highest BCUT2D eigenvalue weighted by Crippen LogP contribution is 2.31. The Morgan fingerprint density at radius 2 is 1.85 bits per heavy atom. The number of benzene rings is 3. The van der Waals surface area contributed by atoms with Crippen molar-refractivity contribution in [2.45, 2.75) is 26.2 Å². The van der Waals surface area contributed by atoms with Gasteiger partial charge in [0.2, 0.25) is 5.89 Å². The Balaban J connectivity index is 1.53. The predicted octanol–water partition coefficient (Wildman–Crippen LogP) is 7.44. The van der Waals surface area contributed by atoms with Crippen LogP contribution in [0.1, 0.15) is 42.1 Å². The molecule has 5 nitrogen and oxygen atoms in total. The molecule has 1 atom stereocenters. The number of thiocarbonyl (C=S) groups is 1. The third kappa shape index (κ3) is 5.36. The molecule has 1 amide bonds. The van der Waals surface area contributed by atoms with E-state index in [2.05, 4.69) is 41.6 Å². The number of anilines is 1. The van der Waals surface area contributed by atoms with Gasteiger partial charge >= 0.3 is 0 Å². The summed E-state index contributed by atoms with van der Waals surface area (Å²) in [4.78, 5) is 17.0. The summed E-state index contributed by atoms with van der Waals surface area (Å²) in [5.74, 6) is 0.569. The molecule has 0 bridgehead atoms. The summed E-state index contributed by atoms with van der Waals surface area (Å²) in [5, 5.41) is 6.71. The van der Waals surface area contributed by atoms with Crippen molar-refractivity contribution in [3.8, 4) is 11.5 Å². The first kappa shape index (κ1) is 23.2. The van der Waals surface area contributed by atoms with Crippen LogP contribution >= 0.6 is 35.4 Å². The van der Waals surface area contributed by atoms with Gasteiger partial charge in [0.1, 0.15) is 5.52 Å². The van der Waals surface area contributed by atoms with Gasteiger partial charge in [0.05, 0.1) is 10.7 Å². The van der Waals surface area contributed by atoms with E-state index in [0.717, 1.165) is 17.5 Å². The average Bonchev–Trinajstić information content (AvgIpc) is 3.23. The number of fused-ring (bicyclic) bond motifs is 1. The van der Waals surface area contributed by atoms with Crippen LogP contribution < -0.4 is 10.6 Å². The molecule has 0 saturated carbocycles. The van der Waals surface area contributed by atoms with E-state index >= 15 is 0 Å². The minimum absolute atomic E-state index is 0.116. The number of oxazole rings is 1. The Hall–Kier alpha value is -2.93. The maximum atomic E-state index is 12.4. The molecular weight excluding hydrogens is 477 g/mol. The molecule has 1 heterocycles. The molecule has 1 aromatic heterocycles. The third-order valence-electron chi connectivity index (χ3n) is 5.39. The van der Waals surface area contributed by atoms with Crippen LogP contribution in [0.4, 0.5) is 5.69 Å². The van der Waals surface area contributed by atoms with E-state index in [1.165, 1.54) is 5.56 Å². The lowest BCUT2D eigenvalue weighted by Gasteiger charge is -2.12. The number of nitrogens with one attached hydrogen (secondary N) is 2. The molecule has 0 aliphatic carbocycles. The smallest absolute Gasteiger partial charge is 0.257 e. The summed E-state index contributed by atoms with van der Waals surface area (Å²) in [6.07, 6.45) is 1.05. The molecular formula is C25H21Cl2N3O2S. The van der Waals surface area contributed by atoms with Crippen molar-refractivity contribution in [3.05, 3.63) is 81.8 Å². The van der Waals surface area contributed by atoms with Crippen LogP contribution in [-0.4, -0.2) is 16.0 Å². The summed E-state index contributed by atoms with van der Waals surface area (Å²) < 4.78 is 5.96. The molecule has 0 unspecified atom stereocenters. The van der Waals surface area contributed by atoms with Gasteiger partial charge in [-0.2, -0.15) is 0 Å². The van der Waals surface area contributed by atoms with Gasteiger partial charge in [-0.15, -0.1) is 0 Å². The lowest BCUT2D eigenvalue weighted by Crippen LogP contribution is -2.34. The van der Waals surface area contributed by atoms with E-state index in [4.69, 9.17) is 39.8 Å². The van der Waals surface area contributed by atoms with Gasteiger partial charge in [-0.1, -0.05) is 43.1 Å². The molecule has 33 heavy (non-hydrogen) atoms. The zero-order chi connectivity index (χ0) is 23.5. The van der Waals surface area contributed by atoms with E-state index in [1.807, 2.05) is 12.1 Å². The quantitative estimate of drug-likeness (QED) is 0.280. The standard InChI is InChI=1S/C25H21Cl2N3O2S/c1-3-14(2)16-7-11-22-21(12-16)28-24(32-22)17-6-10-19(27)20(13-17)29-25(33)30-23(31)15-4-8-18(26)9-5-15/h4-14H,3H2,1-2H3,(H2,29,30,31,33)/t14-/m0/s1. The number of carbonyl (C=O) groups excluding carboxylic acids is 1. The Morgan fingerprint density at radius 1 is 1.09 bits per heavy atom. The summed E-state index contributed by atoms with van der Waals surface area (Å²) in [7, 11) is 0. The molecule has 0 spiro atoms. The van der Waals surface area contributed by atoms with Crippen LogP contribution in [0.3, 0.4) is 0 Å². The normalized spacial score (nSPS) is 11.9. The van der Waals surface area contributed by atoms with Gasteiger partial charge < -0.3 is 9.73 Å². The Kier molecular flexibility index (Phi) is 6.98. The molecule has 0 saturated heterocycles. The van der Waals surface area contributed by atoms with Gasteiger partial charge in [-0.3, -0.25) is 10.1 Å². The summed E-state index contributed by atoms with van der Waals surface area (Å²) >= 11 is 17.5. The zero-order valence-electron chi connectivity index (χ0n) is 18.0. The van der Waals surface area contributed by atoms with E-state index in [-0.39, 0.29) is 11.0 Å². The van der Waals surface area contributed by atoms with Crippen molar-refractivity contribution < 1.29 is 9.21 Å². The first-order chi connectivity index (χ1) is 15.8. The highest BCUT2D eigenvalue weighted by Gasteiger charge is 2.14. The van der Waals surface area contributed by atoms with Gasteiger partial charge in [-0.25, -0.2) is 4.98 Å². The summed E-state index contributed by atoms with van der Waals surface area (Å²) in [5.41, 5.74) is 4.44. The predicted molar refractivity (Wildman–Crippen MR) is 138 cm³/mol. The second-order valence-electron chi connectivity index (χ2n) is 7.67. The number of hydrogen-bond donors (Lipinski definition) is 2. The second-order valence-corrected chi connectivity index (χ2v) is 8.92. The lowest BCUT2D eigenvalue weighted by molar-refractivity contribution is 0.0977. The number of hydrogen-bond acceptors (Lipinski definition) is 4. The van der Waals surface area contributed by atoms with Crippen molar-refractivity contribution in [1.82, 2.24) is 10.3 Å². The molecule has 2 N–H and O–H groups in total. The van der Waals surface area contributed by atoms with Crippen molar-refractivity contribution in [1.29, 1.82) is 0 Å². The highest BCUT2D eigenvalue weighted by molar-refractivity contribution is 7.80. The first-order valence-electron chi connectivity index (χ1n) is 10.4. The first-order valence-corrected chi connectivity index (χ1v) is 11.6. The average molecular weight is 498 g/mol. The highest BCUT2D eigenvalue weighted by atomic mass is 35.5. The second kappa shape index (κ2) is 9.91. The monoisotopic (exact) mass is 497 g/mol. The topological polar surface area (TPSA) is 67.2 Å². The maximum Gasteiger partial charge on any atom is 0.257 e. The Bertz CT molecular complexity index is 1340. The van der Waals surface area contributed by atoms with Crippen molar-refractivity contribution >= 4 is 63.2 Å². The molecule has 4 rings (SSSR count). The summed E-state index contributed by atoms with van der Waals surface area (Å²) in [6, 6.07) is 17.9. The number of halogens is 2. The van der Waals surface area contributed by atoms with Gasteiger partial charge in [0, 0.05) is 16.1 Å². The van der Waals surface area contributed by atoms with E-state index < -0.39 is 0 Å². The van der Waals surface area contributed by atoms with Crippen molar-refractivity contribution in [2.75, 3.05) is 5.32 Å².